The molecule has 4 heteroatoms. The molecule has 0 aromatic carbocycles. The van der Waals surface area contributed by atoms with E-state index in [-0.39, 0.29) is 0 Å². The van der Waals surface area contributed by atoms with E-state index in [1.165, 1.54) is 0 Å². The monoisotopic (exact) mass is 189 g/mol. The molecule has 0 fully saturated rings. The Morgan fingerprint density at radius 1 is 1.54 bits per heavy atom. The van der Waals surface area contributed by atoms with Gasteiger partial charge in [0.05, 0.1) is 11.5 Å². The molecule has 78 valence electrons. The zero-order valence-corrected chi connectivity index (χ0v) is 8.74. The molecule has 0 saturated heterocycles. The number of aliphatic carboxylic acids is 1. The molecule has 0 amide bonds. The van der Waals surface area contributed by atoms with E-state index in [1.54, 1.807) is 27.8 Å². The first-order valence-electron chi connectivity index (χ1n) is 4.35. The molecule has 0 aliphatic rings. The molecule has 1 atom stereocenters. The predicted molar refractivity (Wildman–Crippen MR) is 50.6 cm³/mol. The van der Waals surface area contributed by atoms with E-state index in [0.717, 1.165) is 0 Å². The van der Waals surface area contributed by atoms with Gasteiger partial charge in [0.25, 0.3) is 0 Å². The van der Waals surface area contributed by atoms with Gasteiger partial charge in [-0.1, -0.05) is 0 Å². The number of carbonyl (C=O) groups is 1. The van der Waals surface area contributed by atoms with E-state index in [1.807, 2.05) is 4.90 Å². The highest BCUT2D eigenvalue weighted by Gasteiger charge is 2.28. The molecule has 2 N–H and O–H groups in total. The van der Waals surface area contributed by atoms with Crippen LogP contribution in [0.5, 0.6) is 0 Å². The molecule has 0 aromatic rings. The van der Waals surface area contributed by atoms with Gasteiger partial charge >= 0.3 is 5.97 Å². The van der Waals surface area contributed by atoms with Gasteiger partial charge in [0, 0.05) is 13.1 Å². The zero-order valence-electron chi connectivity index (χ0n) is 8.74. The third kappa shape index (κ3) is 4.85. The number of hydrogen-bond donors (Lipinski definition) is 2. The SMILES string of the molecule is CC(O)CN(C)CC(C)(C)C(=O)O. The van der Waals surface area contributed by atoms with Crippen LogP contribution in [0.25, 0.3) is 0 Å². The lowest BCUT2D eigenvalue weighted by Crippen LogP contribution is -2.39. The van der Waals surface area contributed by atoms with Crippen LogP contribution < -0.4 is 0 Å². The summed E-state index contributed by atoms with van der Waals surface area (Å²) in [6.07, 6.45) is -0.422. The molecule has 0 radical (unpaired) electrons. The molecule has 1 unspecified atom stereocenters. The first-order valence-corrected chi connectivity index (χ1v) is 4.35. The van der Waals surface area contributed by atoms with Crippen molar-refractivity contribution in [2.75, 3.05) is 20.1 Å². The van der Waals surface area contributed by atoms with Crippen LogP contribution in [-0.2, 0) is 4.79 Å². The fourth-order valence-corrected chi connectivity index (χ4v) is 1.26. The summed E-state index contributed by atoms with van der Waals surface area (Å²) in [6, 6.07) is 0. The van der Waals surface area contributed by atoms with Gasteiger partial charge in [-0.15, -0.1) is 0 Å². The molecule has 4 nitrogen and oxygen atoms in total. The van der Waals surface area contributed by atoms with Gasteiger partial charge < -0.3 is 15.1 Å². The molecule has 0 heterocycles. The van der Waals surface area contributed by atoms with Crippen molar-refractivity contribution in [2.45, 2.75) is 26.9 Å². The Labute approximate surface area is 79.2 Å². The first kappa shape index (κ1) is 12.4. The van der Waals surface area contributed by atoms with Crippen molar-refractivity contribution >= 4 is 5.97 Å². The molecule has 0 bridgehead atoms. The number of hydrogen-bond acceptors (Lipinski definition) is 3. The topological polar surface area (TPSA) is 60.8 Å². The molecule has 0 spiro atoms. The summed E-state index contributed by atoms with van der Waals surface area (Å²) in [5.74, 6) is -0.815. The Hall–Kier alpha value is -0.610. The normalized spacial score (nSPS) is 14.6. The third-order valence-electron chi connectivity index (χ3n) is 1.82. The lowest BCUT2D eigenvalue weighted by atomic mass is 9.93. The predicted octanol–water partition coefficient (Wildman–Crippen LogP) is 0.410. The highest BCUT2D eigenvalue weighted by atomic mass is 16.4. The van der Waals surface area contributed by atoms with Crippen molar-refractivity contribution in [2.24, 2.45) is 5.41 Å². The minimum atomic E-state index is -0.815. The minimum absolute atomic E-state index is 0.422. The summed E-state index contributed by atoms with van der Waals surface area (Å²) >= 11 is 0. The summed E-state index contributed by atoms with van der Waals surface area (Å²) in [7, 11) is 1.80. The van der Waals surface area contributed by atoms with Crippen LogP contribution in [-0.4, -0.2) is 47.3 Å². The second kappa shape index (κ2) is 4.58. The number of carboxylic acids is 1. The largest absolute Gasteiger partial charge is 0.481 e. The van der Waals surface area contributed by atoms with Crippen LogP contribution in [0, 0.1) is 5.41 Å². The van der Waals surface area contributed by atoms with E-state index in [4.69, 9.17) is 10.2 Å². The number of aliphatic hydroxyl groups is 1. The van der Waals surface area contributed by atoms with E-state index < -0.39 is 17.5 Å². The lowest BCUT2D eigenvalue weighted by Gasteiger charge is -2.27. The standard InChI is InChI=1S/C9H19NO3/c1-7(11)5-10(4)6-9(2,3)8(12)13/h7,11H,5-6H2,1-4H3,(H,12,13). The Balaban J connectivity index is 4.04. The fourth-order valence-electron chi connectivity index (χ4n) is 1.26. The quantitative estimate of drug-likeness (QED) is 0.657. The van der Waals surface area contributed by atoms with Crippen LogP contribution >= 0.6 is 0 Å². The van der Waals surface area contributed by atoms with Crippen LogP contribution in [0.3, 0.4) is 0 Å². The van der Waals surface area contributed by atoms with Gasteiger partial charge in [0.2, 0.25) is 0 Å². The molecule has 0 aliphatic carbocycles. The minimum Gasteiger partial charge on any atom is -0.481 e. The smallest absolute Gasteiger partial charge is 0.310 e. The van der Waals surface area contributed by atoms with Gasteiger partial charge in [0.1, 0.15) is 0 Å². The maximum absolute atomic E-state index is 10.8. The molecule has 13 heavy (non-hydrogen) atoms. The maximum Gasteiger partial charge on any atom is 0.310 e. The molecular weight excluding hydrogens is 170 g/mol. The average Bonchev–Trinajstić information content (AvgIpc) is 1.82. The van der Waals surface area contributed by atoms with Crippen molar-refractivity contribution in [3.05, 3.63) is 0 Å². The molecule has 0 aliphatic heterocycles. The van der Waals surface area contributed by atoms with Crippen molar-refractivity contribution in [1.29, 1.82) is 0 Å². The van der Waals surface area contributed by atoms with Crippen LogP contribution in [0.1, 0.15) is 20.8 Å². The van der Waals surface area contributed by atoms with E-state index in [9.17, 15) is 4.79 Å². The molecular formula is C9H19NO3. The lowest BCUT2D eigenvalue weighted by molar-refractivity contribution is -0.148. The summed E-state index contributed by atoms with van der Waals surface area (Å²) in [4.78, 5) is 12.6. The Morgan fingerprint density at radius 2 is 2.00 bits per heavy atom. The summed E-state index contributed by atoms with van der Waals surface area (Å²) in [6.45, 7) is 5.97. The van der Waals surface area contributed by atoms with Crippen molar-refractivity contribution in [3.63, 3.8) is 0 Å². The van der Waals surface area contributed by atoms with Crippen LogP contribution in [0.4, 0.5) is 0 Å². The third-order valence-corrected chi connectivity index (χ3v) is 1.82. The highest BCUT2D eigenvalue weighted by molar-refractivity contribution is 5.73. The van der Waals surface area contributed by atoms with Crippen LogP contribution in [0.2, 0.25) is 0 Å². The highest BCUT2D eigenvalue weighted by Crippen LogP contribution is 2.16. The average molecular weight is 189 g/mol. The summed E-state index contributed by atoms with van der Waals surface area (Å²) < 4.78 is 0. The van der Waals surface area contributed by atoms with Crippen molar-refractivity contribution < 1.29 is 15.0 Å². The van der Waals surface area contributed by atoms with Gasteiger partial charge in [-0.05, 0) is 27.8 Å². The molecule has 0 saturated carbocycles. The van der Waals surface area contributed by atoms with E-state index >= 15 is 0 Å². The maximum atomic E-state index is 10.8. The number of rotatable bonds is 5. The molecule has 0 aromatic heterocycles. The van der Waals surface area contributed by atoms with Crippen molar-refractivity contribution in [1.82, 2.24) is 4.90 Å². The zero-order chi connectivity index (χ0) is 10.6. The summed E-state index contributed by atoms with van der Waals surface area (Å²) in [5, 5.41) is 17.9. The van der Waals surface area contributed by atoms with Gasteiger partial charge in [-0.2, -0.15) is 0 Å². The van der Waals surface area contributed by atoms with E-state index in [2.05, 4.69) is 0 Å². The van der Waals surface area contributed by atoms with Crippen LogP contribution in [0.15, 0.2) is 0 Å². The number of nitrogens with zero attached hydrogens (tertiary/aromatic N) is 1. The Morgan fingerprint density at radius 3 is 2.31 bits per heavy atom. The Kier molecular flexibility index (Phi) is 4.36. The van der Waals surface area contributed by atoms with Gasteiger partial charge in [0.15, 0.2) is 0 Å². The van der Waals surface area contributed by atoms with E-state index in [0.29, 0.717) is 13.1 Å². The number of likely N-dealkylation sites (N-methyl/N-ethyl adjacent to an activating group) is 1. The molecule has 0 rings (SSSR count). The second-order valence-corrected chi connectivity index (χ2v) is 4.23. The van der Waals surface area contributed by atoms with Gasteiger partial charge in [-0.3, -0.25) is 4.79 Å². The summed E-state index contributed by atoms with van der Waals surface area (Å²) in [5.41, 5.74) is -0.760. The second-order valence-electron chi connectivity index (χ2n) is 4.23. The fraction of sp³-hybridized carbons (Fsp3) is 0.889. The van der Waals surface area contributed by atoms with Gasteiger partial charge in [-0.25, -0.2) is 0 Å². The number of carboxylic acid groups (broad SMARTS) is 1. The Bertz CT molecular complexity index is 178. The number of aliphatic hydroxyl groups excluding tert-OH is 1. The van der Waals surface area contributed by atoms with Crippen molar-refractivity contribution in [3.8, 4) is 0 Å². The first-order chi connectivity index (χ1) is 5.75.